The van der Waals surface area contributed by atoms with E-state index in [1.54, 1.807) is 13.3 Å². The second kappa shape index (κ2) is 4.97. The third-order valence-corrected chi connectivity index (χ3v) is 4.62. The monoisotopic (exact) mass is 271 g/mol. The van der Waals surface area contributed by atoms with E-state index in [1.165, 1.54) is 40.7 Å². The number of oxime groups is 1. The predicted molar refractivity (Wildman–Crippen MR) is 80.9 cm³/mol. The lowest BCUT2D eigenvalue weighted by atomic mass is 9.88. The Labute approximate surface area is 120 Å². The van der Waals surface area contributed by atoms with Gasteiger partial charge in [-0.05, 0) is 61.8 Å². The largest absolute Gasteiger partial charge is 0.496 e. The molecule has 0 fully saturated rings. The molecule has 20 heavy (non-hydrogen) atoms. The first-order valence-electron chi connectivity index (χ1n) is 7.27. The summed E-state index contributed by atoms with van der Waals surface area (Å²) in [5.74, 6) is 1.03. The van der Waals surface area contributed by atoms with E-state index < -0.39 is 0 Å². The smallest absolute Gasteiger partial charge is 0.126 e. The number of ether oxygens (including phenoxy) is 1. The van der Waals surface area contributed by atoms with Gasteiger partial charge in [-0.2, -0.15) is 0 Å². The molecule has 1 aromatic carbocycles. The Balaban J connectivity index is 2.29. The zero-order chi connectivity index (χ0) is 14.3. The van der Waals surface area contributed by atoms with E-state index in [0.717, 1.165) is 24.2 Å². The molecule has 0 heterocycles. The molecule has 0 spiro atoms. The van der Waals surface area contributed by atoms with Gasteiger partial charge in [0.05, 0.1) is 13.3 Å². The summed E-state index contributed by atoms with van der Waals surface area (Å²) < 4.78 is 5.66. The second-order valence-electron chi connectivity index (χ2n) is 5.79. The van der Waals surface area contributed by atoms with Crippen LogP contribution in [0.1, 0.15) is 53.9 Å². The number of allylic oxidation sites excluding steroid dienone is 2. The van der Waals surface area contributed by atoms with Gasteiger partial charge in [-0.1, -0.05) is 11.6 Å². The van der Waals surface area contributed by atoms with Crippen molar-refractivity contribution >= 4 is 11.8 Å². The van der Waals surface area contributed by atoms with Crippen molar-refractivity contribution in [2.75, 3.05) is 7.11 Å². The quantitative estimate of drug-likeness (QED) is 0.497. The van der Waals surface area contributed by atoms with Gasteiger partial charge in [0.2, 0.25) is 0 Å². The van der Waals surface area contributed by atoms with Gasteiger partial charge in [-0.3, -0.25) is 0 Å². The highest BCUT2D eigenvalue weighted by atomic mass is 16.5. The Kier molecular flexibility index (Phi) is 3.28. The average molecular weight is 271 g/mol. The summed E-state index contributed by atoms with van der Waals surface area (Å²) in [6, 6.07) is 2.20. The fraction of sp³-hybridized carbons (Fsp3) is 0.471. The molecule has 2 aliphatic rings. The zero-order valence-electron chi connectivity index (χ0n) is 12.4. The van der Waals surface area contributed by atoms with Crippen LogP contribution in [-0.2, 0) is 0 Å². The van der Waals surface area contributed by atoms with Crippen molar-refractivity contribution in [1.29, 1.82) is 0 Å². The maximum absolute atomic E-state index is 9.05. The number of hydrogen-bond donors (Lipinski definition) is 1. The molecule has 0 bridgehead atoms. The van der Waals surface area contributed by atoms with Crippen LogP contribution in [0.5, 0.6) is 5.75 Å². The first-order chi connectivity index (χ1) is 9.69. The topological polar surface area (TPSA) is 41.8 Å². The molecular weight excluding hydrogens is 250 g/mol. The van der Waals surface area contributed by atoms with Crippen LogP contribution in [0, 0.1) is 13.8 Å². The zero-order valence-corrected chi connectivity index (χ0v) is 12.4. The summed E-state index contributed by atoms with van der Waals surface area (Å²) in [5, 5.41) is 12.4. The van der Waals surface area contributed by atoms with Crippen LogP contribution < -0.4 is 4.74 Å². The van der Waals surface area contributed by atoms with Gasteiger partial charge in [0.25, 0.3) is 0 Å². The highest BCUT2D eigenvalue weighted by Gasteiger charge is 2.35. The Bertz CT molecular complexity index is 614. The maximum atomic E-state index is 9.05. The minimum absolute atomic E-state index is 0.0823. The highest BCUT2D eigenvalue weighted by molar-refractivity contribution is 5.92. The summed E-state index contributed by atoms with van der Waals surface area (Å²) in [7, 11) is 1.72. The predicted octanol–water partition coefficient (Wildman–Crippen LogP) is 4.20. The molecule has 1 N–H and O–H groups in total. The number of rotatable bonds is 2. The van der Waals surface area contributed by atoms with Gasteiger partial charge in [-0.15, -0.1) is 5.16 Å². The summed E-state index contributed by atoms with van der Waals surface area (Å²) in [4.78, 5) is 0. The molecule has 0 aliphatic heterocycles. The number of methoxy groups -OCH3 is 1. The van der Waals surface area contributed by atoms with Crippen LogP contribution in [0.25, 0.3) is 5.57 Å². The van der Waals surface area contributed by atoms with E-state index >= 15 is 0 Å². The third kappa shape index (κ3) is 1.76. The van der Waals surface area contributed by atoms with Crippen LogP contribution >= 0.6 is 0 Å². The van der Waals surface area contributed by atoms with Gasteiger partial charge in [0.1, 0.15) is 5.75 Å². The Morgan fingerprint density at radius 1 is 1.25 bits per heavy atom. The molecule has 0 aromatic heterocycles. The third-order valence-electron chi connectivity index (χ3n) is 4.62. The molecule has 3 heteroatoms. The molecule has 1 unspecified atom stereocenters. The first kappa shape index (κ1) is 13.2. The summed E-state index contributed by atoms with van der Waals surface area (Å²) >= 11 is 0. The number of benzene rings is 1. The normalized spacial score (nSPS) is 21.2. The number of fused-ring (bicyclic) bond motifs is 2. The number of hydrogen-bond acceptors (Lipinski definition) is 3. The lowest BCUT2D eigenvalue weighted by molar-refractivity contribution is 0.320. The van der Waals surface area contributed by atoms with E-state index in [9.17, 15) is 0 Å². The van der Waals surface area contributed by atoms with E-state index in [1.807, 2.05) is 0 Å². The van der Waals surface area contributed by atoms with Crippen molar-refractivity contribution in [3.8, 4) is 5.75 Å². The molecule has 106 valence electrons. The van der Waals surface area contributed by atoms with Crippen molar-refractivity contribution in [2.24, 2.45) is 5.16 Å². The molecule has 1 atom stereocenters. The van der Waals surface area contributed by atoms with Crippen LogP contribution in [0.2, 0.25) is 0 Å². The Hall–Kier alpha value is -1.77. The van der Waals surface area contributed by atoms with Crippen LogP contribution in [0.3, 0.4) is 0 Å². The van der Waals surface area contributed by atoms with Gasteiger partial charge in [-0.25, -0.2) is 0 Å². The van der Waals surface area contributed by atoms with E-state index in [4.69, 9.17) is 9.94 Å². The molecule has 1 aromatic rings. The van der Waals surface area contributed by atoms with Gasteiger partial charge in [0.15, 0.2) is 0 Å². The molecular formula is C17H21NO2. The fourth-order valence-electron chi connectivity index (χ4n) is 3.93. The molecule has 0 radical (unpaired) electrons. The van der Waals surface area contributed by atoms with Crippen molar-refractivity contribution in [2.45, 2.75) is 45.4 Å². The fourth-order valence-corrected chi connectivity index (χ4v) is 3.93. The highest BCUT2D eigenvalue weighted by Crippen LogP contribution is 2.52. The minimum Gasteiger partial charge on any atom is -0.496 e. The van der Waals surface area contributed by atoms with E-state index in [2.05, 4.69) is 25.1 Å². The molecule has 3 rings (SSSR count). The van der Waals surface area contributed by atoms with Gasteiger partial charge in [0, 0.05) is 11.5 Å². The van der Waals surface area contributed by atoms with Crippen molar-refractivity contribution in [3.05, 3.63) is 33.9 Å². The summed E-state index contributed by atoms with van der Waals surface area (Å²) in [6.45, 7) is 4.25. The molecule has 0 amide bonds. The molecule has 2 aliphatic carbocycles. The molecule has 0 saturated carbocycles. The Morgan fingerprint density at radius 3 is 2.70 bits per heavy atom. The van der Waals surface area contributed by atoms with Gasteiger partial charge < -0.3 is 9.94 Å². The van der Waals surface area contributed by atoms with Crippen molar-refractivity contribution < 1.29 is 9.94 Å². The van der Waals surface area contributed by atoms with E-state index in [0.29, 0.717) is 0 Å². The SMILES string of the molecule is COc1c(C)cc(C)c2c1C(C=NO)C1=C2CCCC1. The number of nitrogens with zero attached hydrogens (tertiary/aromatic N) is 1. The van der Waals surface area contributed by atoms with Crippen LogP contribution in [0.4, 0.5) is 0 Å². The number of aryl methyl sites for hydroxylation is 2. The van der Waals surface area contributed by atoms with Crippen molar-refractivity contribution in [3.63, 3.8) is 0 Å². The lowest BCUT2D eigenvalue weighted by Crippen LogP contribution is -2.05. The Morgan fingerprint density at radius 2 is 2.00 bits per heavy atom. The average Bonchev–Trinajstić information content (AvgIpc) is 2.75. The maximum Gasteiger partial charge on any atom is 0.126 e. The minimum atomic E-state index is 0.0823. The summed E-state index contributed by atoms with van der Waals surface area (Å²) in [5.41, 5.74) is 7.89. The van der Waals surface area contributed by atoms with E-state index in [-0.39, 0.29) is 5.92 Å². The summed E-state index contributed by atoms with van der Waals surface area (Å²) in [6.07, 6.45) is 6.36. The second-order valence-corrected chi connectivity index (χ2v) is 5.79. The molecule has 0 saturated heterocycles. The lowest BCUT2D eigenvalue weighted by Gasteiger charge is -2.17. The van der Waals surface area contributed by atoms with Crippen molar-refractivity contribution in [1.82, 2.24) is 0 Å². The standard InChI is InChI=1S/C17H21NO2/c1-10-8-11(2)17(20-3)16-14(9-18-19)12-6-4-5-7-13(12)15(10)16/h8-9,14,19H,4-7H2,1-3H3. The van der Waals surface area contributed by atoms with Crippen LogP contribution in [-0.4, -0.2) is 18.5 Å². The van der Waals surface area contributed by atoms with Crippen LogP contribution in [0.15, 0.2) is 16.8 Å². The van der Waals surface area contributed by atoms with Gasteiger partial charge >= 0.3 is 0 Å². The molecule has 3 nitrogen and oxygen atoms in total. The first-order valence-corrected chi connectivity index (χ1v) is 7.27.